The molecule has 4 rings (SSSR count). The smallest absolute Gasteiger partial charge is 0.323 e. The predicted molar refractivity (Wildman–Crippen MR) is 135 cm³/mol. The first-order valence-corrected chi connectivity index (χ1v) is 11.5. The van der Waals surface area contributed by atoms with Crippen molar-refractivity contribution in [1.82, 2.24) is 0 Å². The normalized spacial score (nSPS) is 13.3. The molecule has 34 heavy (non-hydrogen) atoms. The Kier molecular flexibility index (Phi) is 7.11. The van der Waals surface area contributed by atoms with Crippen molar-refractivity contribution in [3.8, 4) is 0 Å². The van der Waals surface area contributed by atoms with E-state index >= 15 is 0 Å². The molecule has 0 bridgehead atoms. The number of hydrogen-bond acceptors (Lipinski definition) is 3. The third kappa shape index (κ3) is 5.73. The van der Waals surface area contributed by atoms with Crippen LogP contribution in [-0.2, 0) is 0 Å². The highest BCUT2D eigenvalue weighted by Crippen LogP contribution is 2.32. The molecule has 0 atom stereocenters. The summed E-state index contributed by atoms with van der Waals surface area (Å²) in [5.74, 6) is -0.604. The Morgan fingerprint density at radius 2 is 1.56 bits per heavy atom. The third-order valence-corrected chi connectivity index (χ3v) is 5.91. The van der Waals surface area contributed by atoms with E-state index in [1.165, 1.54) is 12.5 Å². The third-order valence-electron chi connectivity index (χ3n) is 5.91. The Labute approximate surface area is 199 Å². The number of carbonyl (C=O) groups is 2. The minimum Gasteiger partial charge on any atom is -0.370 e. The summed E-state index contributed by atoms with van der Waals surface area (Å²) >= 11 is 0. The molecule has 0 aliphatic carbocycles. The van der Waals surface area contributed by atoms with Gasteiger partial charge in [-0.2, -0.15) is 0 Å². The van der Waals surface area contributed by atoms with Crippen molar-refractivity contribution in [3.63, 3.8) is 0 Å². The van der Waals surface area contributed by atoms with Crippen LogP contribution in [0.4, 0.5) is 31.9 Å². The summed E-state index contributed by atoms with van der Waals surface area (Å²) in [5, 5.41) is 8.49. The van der Waals surface area contributed by atoms with E-state index in [4.69, 9.17) is 0 Å². The molecular weight excluding hydrogens is 431 g/mol. The fourth-order valence-electron chi connectivity index (χ4n) is 4.07. The molecule has 3 amide bonds. The molecule has 3 aromatic carbocycles. The molecule has 1 saturated heterocycles. The fraction of sp³-hybridized carbons (Fsp3) is 0.259. The van der Waals surface area contributed by atoms with Crippen LogP contribution in [0.25, 0.3) is 0 Å². The summed E-state index contributed by atoms with van der Waals surface area (Å²) in [6.07, 6.45) is 3.35. The molecular formula is C27H29FN4O2. The number of nitrogens with zero attached hydrogens (tertiary/aromatic N) is 1. The van der Waals surface area contributed by atoms with Gasteiger partial charge in [0.1, 0.15) is 5.82 Å². The quantitative estimate of drug-likeness (QED) is 0.417. The van der Waals surface area contributed by atoms with Crippen LogP contribution >= 0.6 is 0 Å². The van der Waals surface area contributed by atoms with Crippen molar-refractivity contribution in [2.45, 2.75) is 33.1 Å². The van der Waals surface area contributed by atoms with Crippen LogP contribution in [0.2, 0.25) is 0 Å². The van der Waals surface area contributed by atoms with Crippen LogP contribution in [0.5, 0.6) is 0 Å². The second-order valence-corrected chi connectivity index (χ2v) is 8.65. The second kappa shape index (κ2) is 10.4. The van der Waals surface area contributed by atoms with Gasteiger partial charge in [0.2, 0.25) is 0 Å². The zero-order chi connectivity index (χ0) is 24.1. The van der Waals surface area contributed by atoms with Gasteiger partial charge in [0.05, 0.1) is 11.4 Å². The summed E-state index contributed by atoms with van der Waals surface area (Å²) in [5.41, 5.74) is 4.48. The van der Waals surface area contributed by atoms with Gasteiger partial charge < -0.3 is 20.9 Å². The number of halogens is 1. The Morgan fingerprint density at radius 3 is 2.29 bits per heavy atom. The minimum absolute atomic E-state index is 0.222. The molecule has 0 unspecified atom stereocenters. The van der Waals surface area contributed by atoms with E-state index in [-0.39, 0.29) is 11.7 Å². The standard InChI is InChI=1S/C27H29FN4O2/c1-18-7-6-8-20(15-18)26(33)29-22-11-12-25(32-13-4-3-5-14-32)24(17-22)31-27(34)30-21-10-9-19(2)23(28)16-21/h6-12,15-17H,3-5,13-14H2,1-2H3,(H,29,33)(H2,30,31,34). The maximum absolute atomic E-state index is 13.9. The molecule has 1 fully saturated rings. The van der Waals surface area contributed by atoms with Crippen molar-refractivity contribution >= 4 is 34.7 Å². The molecule has 0 radical (unpaired) electrons. The topological polar surface area (TPSA) is 73.5 Å². The van der Waals surface area contributed by atoms with Gasteiger partial charge in [0.25, 0.3) is 5.91 Å². The lowest BCUT2D eigenvalue weighted by Gasteiger charge is -2.31. The molecule has 1 aliphatic heterocycles. The summed E-state index contributed by atoms with van der Waals surface area (Å²) in [6, 6.07) is 17.0. The molecule has 1 heterocycles. The zero-order valence-corrected chi connectivity index (χ0v) is 19.5. The van der Waals surface area contributed by atoms with Gasteiger partial charge in [-0.3, -0.25) is 4.79 Å². The maximum Gasteiger partial charge on any atom is 0.323 e. The Morgan fingerprint density at radius 1 is 0.824 bits per heavy atom. The minimum atomic E-state index is -0.483. The molecule has 0 spiro atoms. The predicted octanol–water partition coefficient (Wildman–Crippen LogP) is 6.33. The first-order valence-electron chi connectivity index (χ1n) is 11.5. The number of hydrogen-bond donors (Lipinski definition) is 3. The summed E-state index contributed by atoms with van der Waals surface area (Å²) < 4.78 is 13.9. The SMILES string of the molecule is Cc1cccc(C(=O)Nc2ccc(N3CCCCC3)c(NC(=O)Nc3ccc(C)c(F)c3)c2)c1. The molecule has 6 nitrogen and oxygen atoms in total. The van der Waals surface area contributed by atoms with Crippen LogP contribution < -0.4 is 20.9 Å². The average Bonchev–Trinajstić information content (AvgIpc) is 2.82. The number of rotatable bonds is 5. The monoisotopic (exact) mass is 460 g/mol. The number of benzene rings is 3. The largest absolute Gasteiger partial charge is 0.370 e. The van der Waals surface area contributed by atoms with Crippen LogP contribution in [0.1, 0.15) is 40.7 Å². The average molecular weight is 461 g/mol. The van der Waals surface area contributed by atoms with E-state index in [1.54, 1.807) is 31.2 Å². The van der Waals surface area contributed by atoms with Crippen molar-refractivity contribution < 1.29 is 14.0 Å². The highest BCUT2D eigenvalue weighted by molar-refractivity contribution is 6.06. The van der Waals surface area contributed by atoms with E-state index in [9.17, 15) is 14.0 Å². The zero-order valence-electron chi connectivity index (χ0n) is 19.5. The molecule has 3 aromatic rings. The van der Waals surface area contributed by atoms with Crippen molar-refractivity contribution in [1.29, 1.82) is 0 Å². The van der Waals surface area contributed by atoms with Crippen LogP contribution in [0.3, 0.4) is 0 Å². The first kappa shape index (κ1) is 23.3. The Hall–Kier alpha value is -3.87. The van der Waals surface area contributed by atoms with Crippen LogP contribution in [0.15, 0.2) is 60.7 Å². The summed E-state index contributed by atoms with van der Waals surface area (Å²) in [4.78, 5) is 27.7. The molecule has 3 N–H and O–H groups in total. The summed E-state index contributed by atoms with van der Waals surface area (Å²) in [6.45, 7) is 5.40. The molecule has 7 heteroatoms. The second-order valence-electron chi connectivity index (χ2n) is 8.65. The number of piperidine rings is 1. The number of urea groups is 1. The van der Waals surface area contributed by atoms with Crippen molar-refractivity contribution in [2.75, 3.05) is 33.9 Å². The molecule has 0 saturated carbocycles. The van der Waals surface area contributed by atoms with Crippen molar-refractivity contribution in [3.05, 3.63) is 83.2 Å². The van der Waals surface area contributed by atoms with Gasteiger partial charge in [-0.05, 0) is 81.1 Å². The van der Waals surface area contributed by atoms with E-state index in [0.717, 1.165) is 37.2 Å². The van der Waals surface area contributed by atoms with E-state index in [0.29, 0.717) is 28.2 Å². The number of carbonyl (C=O) groups excluding carboxylic acids is 2. The molecule has 0 aromatic heterocycles. The lowest BCUT2D eigenvalue weighted by Crippen LogP contribution is -2.31. The van der Waals surface area contributed by atoms with Gasteiger partial charge >= 0.3 is 6.03 Å². The van der Waals surface area contributed by atoms with Crippen molar-refractivity contribution in [2.24, 2.45) is 0 Å². The fourth-order valence-corrected chi connectivity index (χ4v) is 4.07. The Bertz CT molecular complexity index is 1200. The lowest BCUT2D eigenvalue weighted by molar-refractivity contribution is 0.102. The number of amides is 3. The van der Waals surface area contributed by atoms with E-state index in [1.807, 2.05) is 37.3 Å². The maximum atomic E-state index is 13.9. The van der Waals surface area contributed by atoms with Crippen LogP contribution in [0, 0.1) is 19.7 Å². The van der Waals surface area contributed by atoms with Gasteiger partial charge in [-0.25, -0.2) is 9.18 Å². The number of anilines is 4. The highest BCUT2D eigenvalue weighted by atomic mass is 19.1. The van der Waals surface area contributed by atoms with Gasteiger partial charge in [-0.15, -0.1) is 0 Å². The number of nitrogens with one attached hydrogen (secondary N) is 3. The van der Waals surface area contributed by atoms with Crippen LogP contribution in [-0.4, -0.2) is 25.0 Å². The van der Waals surface area contributed by atoms with Gasteiger partial charge in [-0.1, -0.05) is 23.8 Å². The van der Waals surface area contributed by atoms with E-state index < -0.39 is 6.03 Å². The number of aryl methyl sites for hydroxylation is 2. The lowest BCUT2D eigenvalue weighted by atomic mass is 10.1. The molecule has 1 aliphatic rings. The molecule has 176 valence electrons. The van der Waals surface area contributed by atoms with Gasteiger partial charge in [0, 0.05) is 30.0 Å². The first-order chi connectivity index (χ1) is 16.4. The Balaban J connectivity index is 1.56. The van der Waals surface area contributed by atoms with E-state index in [2.05, 4.69) is 20.9 Å². The van der Waals surface area contributed by atoms with Gasteiger partial charge in [0.15, 0.2) is 0 Å². The highest BCUT2D eigenvalue weighted by Gasteiger charge is 2.18. The summed E-state index contributed by atoms with van der Waals surface area (Å²) in [7, 11) is 0.